The molecule has 0 radical (unpaired) electrons. The predicted octanol–water partition coefficient (Wildman–Crippen LogP) is 1.82. The maximum Gasteiger partial charge on any atom is 0.153 e. The van der Waals surface area contributed by atoms with Crippen LogP contribution >= 0.6 is 0 Å². The third kappa shape index (κ3) is 11.7. The van der Waals surface area contributed by atoms with Crippen LogP contribution in [0.1, 0.15) is 45.4 Å². The number of hydrogen-bond donors (Lipinski definition) is 2. The molecule has 1 fully saturated rings. The van der Waals surface area contributed by atoms with Crippen LogP contribution in [-0.2, 0) is 9.84 Å². The number of piperazine rings is 1. The first-order valence-electron chi connectivity index (χ1n) is 10.1. The molecular weight excluding hydrogens is 368 g/mol. The van der Waals surface area contributed by atoms with E-state index in [1.165, 1.54) is 0 Å². The van der Waals surface area contributed by atoms with Gasteiger partial charge in [0, 0.05) is 39.3 Å². The topological polar surface area (TPSA) is 87.6 Å². The van der Waals surface area contributed by atoms with Gasteiger partial charge in [-0.25, -0.2) is 8.42 Å². The fourth-order valence-corrected chi connectivity index (χ4v) is 4.07. The first kappa shape index (κ1) is 24.3. The van der Waals surface area contributed by atoms with Gasteiger partial charge in [-0.15, -0.1) is 10.3 Å². The molecule has 9 heteroatoms. The molecule has 160 valence electrons. The molecule has 0 aromatic heterocycles. The molecule has 1 aliphatic heterocycles. The molecule has 0 unspecified atom stereocenters. The van der Waals surface area contributed by atoms with Crippen LogP contribution in [0, 0.1) is 0 Å². The summed E-state index contributed by atoms with van der Waals surface area (Å²) >= 11 is 0. The Morgan fingerprint density at radius 3 is 2.11 bits per heavy atom. The molecule has 1 aliphatic rings. The highest BCUT2D eigenvalue weighted by molar-refractivity contribution is 7.91. The quantitative estimate of drug-likeness (QED) is 0.334. The fourth-order valence-electron chi connectivity index (χ4n) is 2.88. The molecule has 1 heterocycles. The van der Waals surface area contributed by atoms with E-state index in [4.69, 9.17) is 0 Å². The van der Waals surface area contributed by atoms with Crippen LogP contribution in [0.15, 0.2) is 12.3 Å². The van der Waals surface area contributed by atoms with Gasteiger partial charge in [0.2, 0.25) is 0 Å². The van der Waals surface area contributed by atoms with Crippen molar-refractivity contribution in [3.63, 3.8) is 0 Å². The number of likely N-dealkylation sites (N-methyl/N-ethyl adjacent to an activating group) is 1. The molecule has 0 atom stereocenters. The molecule has 0 spiro atoms. The van der Waals surface area contributed by atoms with Gasteiger partial charge < -0.3 is 9.80 Å². The highest BCUT2D eigenvalue weighted by atomic mass is 32.2. The van der Waals surface area contributed by atoms with E-state index in [9.17, 15) is 18.8 Å². The van der Waals surface area contributed by atoms with Gasteiger partial charge in [-0.1, -0.05) is 32.3 Å². The SMILES string of the molecule is CCCCCN(O)N(O)CCCCCS(=O)(=O)CC=CN1CCN(C)CC1. The van der Waals surface area contributed by atoms with Gasteiger partial charge in [0.15, 0.2) is 9.84 Å². The van der Waals surface area contributed by atoms with Crippen molar-refractivity contribution in [2.24, 2.45) is 0 Å². The van der Waals surface area contributed by atoms with E-state index in [0.29, 0.717) is 32.4 Å². The van der Waals surface area contributed by atoms with Gasteiger partial charge in [0.05, 0.1) is 11.5 Å². The first-order chi connectivity index (χ1) is 12.8. The molecule has 0 amide bonds. The van der Waals surface area contributed by atoms with Gasteiger partial charge in [0.1, 0.15) is 0 Å². The normalized spacial score (nSPS) is 16.9. The zero-order chi connectivity index (χ0) is 20.1. The summed E-state index contributed by atoms with van der Waals surface area (Å²) in [7, 11) is -0.996. The predicted molar refractivity (Wildman–Crippen MR) is 107 cm³/mol. The Hall–Kier alpha value is -0.710. The molecule has 27 heavy (non-hydrogen) atoms. The van der Waals surface area contributed by atoms with E-state index in [2.05, 4.69) is 23.8 Å². The highest BCUT2D eigenvalue weighted by Crippen LogP contribution is 2.05. The number of rotatable bonds is 14. The molecule has 0 aliphatic carbocycles. The molecule has 8 nitrogen and oxygen atoms in total. The second-order valence-corrected chi connectivity index (χ2v) is 9.53. The molecule has 0 aromatic carbocycles. The number of hydrazine groups is 1. The molecule has 0 bridgehead atoms. The van der Waals surface area contributed by atoms with Crippen LogP contribution in [-0.4, -0.2) is 96.8 Å². The van der Waals surface area contributed by atoms with Gasteiger partial charge in [-0.05, 0) is 32.5 Å². The summed E-state index contributed by atoms with van der Waals surface area (Å²) in [5, 5.41) is 21.0. The Morgan fingerprint density at radius 2 is 1.52 bits per heavy atom. The van der Waals surface area contributed by atoms with Crippen LogP contribution in [0.2, 0.25) is 0 Å². The Morgan fingerprint density at radius 1 is 0.926 bits per heavy atom. The van der Waals surface area contributed by atoms with Gasteiger partial charge in [-0.2, -0.15) is 0 Å². The zero-order valence-corrected chi connectivity index (χ0v) is 17.8. The maximum absolute atomic E-state index is 12.1. The third-order valence-corrected chi connectivity index (χ3v) is 6.36. The number of nitrogens with zero attached hydrogens (tertiary/aromatic N) is 4. The third-order valence-electron chi connectivity index (χ3n) is 4.75. The minimum atomic E-state index is -3.08. The van der Waals surface area contributed by atoms with Crippen LogP contribution in [0.4, 0.5) is 0 Å². The smallest absolute Gasteiger partial charge is 0.153 e. The standard InChI is InChI=1S/C18H38N4O4S/c1-3-4-6-11-21(23)22(24)12-7-5-8-17-27(25,26)18-9-10-20-15-13-19(2)14-16-20/h9-10,23-24H,3-8,11-18H2,1-2H3. The van der Waals surface area contributed by atoms with E-state index in [1.54, 1.807) is 6.08 Å². The Labute approximate surface area is 164 Å². The van der Waals surface area contributed by atoms with E-state index in [0.717, 1.165) is 55.8 Å². The monoisotopic (exact) mass is 406 g/mol. The molecule has 1 saturated heterocycles. The van der Waals surface area contributed by atoms with Crippen LogP contribution < -0.4 is 0 Å². The molecular formula is C18H38N4O4S. The summed E-state index contributed by atoms with van der Waals surface area (Å²) in [5.74, 6) is 0.234. The second kappa shape index (κ2) is 13.5. The van der Waals surface area contributed by atoms with Crippen molar-refractivity contribution in [3.8, 4) is 0 Å². The summed E-state index contributed by atoms with van der Waals surface area (Å²) < 4.78 is 24.2. The average molecular weight is 407 g/mol. The number of sulfone groups is 1. The zero-order valence-electron chi connectivity index (χ0n) is 17.0. The number of hydrogen-bond acceptors (Lipinski definition) is 8. The number of unbranched alkanes of at least 4 members (excludes halogenated alkanes) is 4. The average Bonchev–Trinajstić information content (AvgIpc) is 2.63. The molecule has 0 aromatic rings. The molecule has 1 rings (SSSR count). The lowest BCUT2D eigenvalue weighted by atomic mass is 10.2. The van der Waals surface area contributed by atoms with Crippen molar-refractivity contribution >= 4 is 9.84 Å². The summed E-state index contributed by atoms with van der Waals surface area (Å²) in [6, 6.07) is 0. The van der Waals surface area contributed by atoms with E-state index >= 15 is 0 Å². The van der Waals surface area contributed by atoms with E-state index in [1.807, 2.05) is 6.20 Å². The Kier molecular flexibility index (Phi) is 12.1. The van der Waals surface area contributed by atoms with Crippen LogP contribution in [0.25, 0.3) is 0 Å². The first-order valence-corrected chi connectivity index (χ1v) is 11.9. The van der Waals surface area contributed by atoms with Crippen molar-refractivity contribution in [2.45, 2.75) is 45.4 Å². The minimum absolute atomic E-state index is 0.0767. The van der Waals surface area contributed by atoms with E-state index < -0.39 is 9.84 Å². The van der Waals surface area contributed by atoms with Gasteiger partial charge >= 0.3 is 0 Å². The largest absolute Gasteiger partial charge is 0.375 e. The van der Waals surface area contributed by atoms with Crippen molar-refractivity contribution in [1.29, 1.82) is 0 Å². The molecule has 2 N–H and O–H groups in total. The van der Waals surface area contributed by atoms with Crippen LogP contribution in [0.3, 0.4) is 0 Å². The highest BCUT2D eigenvalue weighted by Gasteiger charge is 2.12. The van der Waals surface area contributed by atoms with Crippen molar-refractivity contribution in [2.75, 3.05) is 57.8 Å². The Balaban J connectivity index is 2.12. The van der Waals surface area contributed by atoms with Crippen molar-refractivity contribution < 1.29 is 18.8 Å². The minimum Gasteiger partial charge on any atom is -0.375 e. The summed E-state index contributed by atoms with van der Waals surface area (Å²) in [6.45, 7) is 6.65. The van der Waals surface area contributed by atoms with E-state index in [-0.39, 0.29) is 11.5 Å². The summed E-state index contributed by atoms with van der Waals surface area (Å²) in [5.41, 5.74) is 0. The maximum atomic E-state index is 12.1. The fraction of sp³-hybridized carbons (Fsp3) is 0.889. The number of hydroxylamine groups is 2. The summed E-state index contributed by atoms with van der Waals surface area (Å²) in [4.78, 5) is 4.42. The Bertz CT molecular complexity index is 507. The second-order valence-electron chi connectivity index (χ2n) is 7.30. The van der Waals surface area contributed by atoms with Gasteiger partial charge in [-0.3, -0.25) is 10.4 Å². The van der Waals surface area contributed by atoms with Gasteiger partial charge in [0.25, 0.3) is 0 Å². The lowest BCUT2D eigenvalue weighted by molar-refractivity contribution is -0.367. The van der Waals surface area contributed by atoms with Crippen molar-refractivity contribution in [3.05, 3.63) is 12.3 Å². The van der Waals surface area contributed by atoms with Crippen molar-refractivity contribution in [1.82, 2.24) is 20.1 Å². The summed E-state index contributed by atoms with van der Waals surface area (Å²) in [6.07, 6.45) is 8.43. The molecule has 0 saturated carbocycles. The lowest BCUT2D eigenvalue weighted by Crippen LogP contribution is -2.41. The lowest BCUT2D eigenvalue weighted by Gasteiger charge is -2.31. The van der Waals surface area contributed by atoms with Crippen LogP contribution in [0.5, 0.6) is 0 Å².